The number of para-hydroxylation sites is 4. The number of H-pyrrole nitrogens is 2. The van der Waals surface area contributed by atoms with Gasteiger partial charge in [-0.1, -0.05) is 177 Å². The minimum Gasteiger partial charge on any atom is -0.354 e. The second-order valence-electron chi connectivity index (χ2n) is 15.8. The average molecular weight is 727 g/mol. The molecule has 2 aromatic heterocycles. The fourth-order valence-corrected chi connectivity index (χ4v) is 9.89. The van der Waals surface area contributed by atoms with E-state index in [4.69, 9.17) is 0 Å². The van der Waals surface area contributed by atoms with Crippen LogP contribution in [0.5, 0.6) is 0 Å². The molecule has 57 heavy (non-hydrogen) atoms. The minimum absolute atomic E-state index is 0.486. The highest BCUT2D eigenvalue weighted by Crippen LogP contribution is 2.43. The summed E-state index contributed by atoms with van der Waals surface area (Å²) in [5, 5.41) is 12.8. The van der Waals surface area contributed by atoms with E-state index < -0.39 is 0 Å². The van der Waals surface area contributed by atoms with E-state index in [2.05, 4.69) is 199 Å². The fraction of sp³-hybridized carbons (Fsp3) is 0.0545. The fourth-order valence-electron chi connectivity index (χ4n) is 9.89. The van der Waals surface area contributed by atoms with E-state index in [9.17, 15) is 0 Å². The summed E-state index contributed by atoms with van der Waals surface area (Å²) in [6.45, 7) is 2.33. The van der Waals surface area contributed by atoms with E-state index in [1.165, 1.54) is 109 Å². The largest absolute Gasteiger partial charge is 0.354 e. The Labute approximate surface area is 330 Å². The van der Waals surface area contributed by atoms with Crippen molar-refractivity contribution in [1.29, 1.82) is 0 Å². The molecule has 11 aromatic rings. The normalized spacial score (nSPS) is 14.5. The second-order valence-corrected chi connectivity index (χ2v) is 15.8. The van der Waals surface area contributed by atoms with Gasteiger partial charge in [0.25, 0.3) is 0 Å². The van der Waals surface area contributed by atoms with Crippen molar-refractivity contribution in [3.63, 3.8) is 0 Å². The van der Waals surface area contributed by atoms with Crippen LogP contribution in [0.4, 0.5) is 0 Å². The molecular formula is C55H38N2. The van der Waals surface area contributed by atoms with E-state index in [0.717, 1.165) is 17.5 Å². The van der Waals surface area contributed by atoms with Gasteiger partial charge in [-0.25, -0.2) is 0 Å². The first kappa shape index (κ1) is 32.1. The summed E-state index contributed by atoms with van der Waals surface area (Å²) in [4.78, 5) is 7.88. The molecule has 0 saturated heterocycles. The van der Waals surface area contributed by atoms with Gasteiger partial charge in [-0.3, -0.25) is 0 Å². The molecule has 1 unspecified atom stereocenters. The quantitative estimate of drug-likeness (QED) is 0.169. The van der Waals surface area contributed by atoms with Gasteiger partial charge in [0.05, 0.1) is 22.1 Å². The third-order valence-electron chi connectivity index (χ3n) is 12.6. The average Bonchev–Trinajstić information content (AvgIpc) is 3.86. The van der Waals surface area contributed by atoms with Gasteiger partial charge in [0, 0.05) is 43.8 Å². The summed E-state index contributed by atoms with van der Waals surface area (Å²) in [5.74, 6) is 0.486. The predicted molar refractivity (Wildman–Crippen MR) is 245 cm³/mol. The molecule has 9 aromatic carbocycles. The van der Waals surface area contributed by atoms with Crippen LogP contribution in [0, 0.1) is 5.92 Å². The van der Waals surface area contributed by atoms with Gasteiger partial charge in [-0.15, -0.1) is 0 Å². The number of allylic oxidation sites excluding steroid dienone is 4. The van der Waals surface area contributed by atoms with Crippen molar-refractivity contribution in [3.8, 4) is 33.4 Å². The molecule has 1 aliphatic carbocycles. The number of aromatic amines is 2. The van der Waals surface area contributed by atoms with Gasteiger partial charge >= 0.3 is 0 Å². The Morgan fingerprint density at radius 1 is 0.368 bits per heavy atom. The maximum absolute atomic E-state index is 3.96. The summed E-state index contributed by atoms with van der Waals surface area (Å²) in [6.07, 6.45) is 7.84. The molecule has 0 spiro atoms. The molecule has 0 fully saturated rings. The monoisotopic (exact) mass is 726 g/mol. The summed E-state index contributed by atoms with van der Waals surface area (Å²) in [6, 6.07) is 60.6. The maximum atomic E-state index is 3.96. The predicted octanol–water partition coefficient (Wildman–Crippen LogP) is 15.4. The van der Waals surface area contributed by atoms with Gasteiger partial charge in [0.2, 0.25) is 0 Å². The van der Waals surface area contributed by atoms with Crippen molar-refractivity contribution in [2.45, 2.75) is 13.3 Å². The van der Waals surface area contributed by atoms with Crippen LogP contribution in [0.3, 0.4) is 0 Å². The minimum atomic E-state index is 0.486. The van der Waals surface area contributed by atoms with Crippen LogP contribution < -0.4 is 0 Å². The molecule has 12 rings (SSSR count). The lowest BCUT2D eigenvalue weighted by molar-refractivity contribution is 0.759. The zero-order chi connectivity index (χ0) is 37.6. The van der Waals surface area contributed by atoms with Gasteiger partial charge in [0.15, 0.2) is 0 Å². The molecule has 2 N–H and O–H groups in total. The lowest BCUT2D eigenvalue weighted by atomic mass is 9.87. The molecular weight excluding hydrogens is 689 g/mol. The van der Waals surface area contributed by atoms with E-state index in [-0.39, 0.29) is 0 Å². The van der Waals surface area contributed by atoms with Crippen molar-refractivity contribution in [2.24, 2.45) is 5.92 Å². The van der Waals surface area contributed by atoms with E-state index in [0.29, 0.717) is 5.92 Å². The first-order valence-corrected chi connectivity index (χ1v) is 20.1. The highest BCUT2D eigenvalue weighted by atomic mass is 14.7. The number of hydrogen-bond donors (Lipinski definition) is 2. The van der Waals surface area contributed by atoms with Crippen molar-refractivity contribution < 1.29 is 0 Å². The zero-order valence-electron chi connectivity index (χ0n) is 31.6. The first-order valence-electron chi connectivity index (χ1n) is 20.1. The Bertz CT molecular complexity index is 3480. The highest BCUT2D eigenvalue weighted by molar-refractivity contribution is 6.26. The van der Waals surface area contributed by atoms with Crippen LogP contribution in [0.25, 0.3) is 115 Å². The summed E-state index contributed by atoms with van der Waals surface area (Å²) in [5.41, 5.74) is 14.6. The Kier molecular flexibility index (Phi) is 7.00. The van der Waals surface area contributed by atoms with Crippen LogP contribution in [0.1, 0.15) is 18.9 Å². The van der Waals surface area contributed by atoms with Crippen LogP contribution >= 0.6 is 0 Å². The lowest BCUT2D eigenvalue weighted by Crippen LogP contribution is -2.01. The summed E-state index contributed by atoms with van der Waals surface area (Å²) >= 11 is 0. The molecule has 0 bridgehead atoms. The molecule has 2 nitrogen and oxygen atoms in total. The second kappa shape index (κ2) is 12.4. The Balaban J connectivity index is 1.00. The molecule has 0 aliphatic heterocycles. The van der Waals surface area contributed by atoms with Crippen LogP contribution in [0.2, 0.25) is 0 Å². The van der Waals surface area contributed by atoms with Crippen molar-refractivity contribution in [2.75, 3.05) is 0 Å². The van der Waals surface area contributed by atoms with Crippen LogP contribution in [0.15, 0.2) is 182 Å². The number of aromatic nitrogens is 2. The van der Waals surface area contributed by atoms with Crippen molar-refractivity contribution in [1.82, 2.24) is 9.97 Å². The number of nitrogens with one attached hydrogen (secondary N) is 2. The van der Waals surface area contributed by atoms with Gasteiger partial charge < -0.3 is 9.97 Å². The lowest BCUT2D eigenvalue weighted by Gasteiger charge is -2.18. The first-order chi connectivity index (χ1) is 28.2. The number of benzene rings is 9. The number of rotatable bonds is 4. The van der Waals surface area contributed by atoms with E-state index in [1.54, 1.807) is 0 Å². The Hall–Kier alpha value is -7.16. The maximum Gasteiger partial charge on any atom is 0.0544 e. The highest BCUT2D eigenvalue weighted by Gasteiger charge is 2.19. The topological polar surface area (TPSA) is 31.6 Å². The van der Waals surface area contributed by atoms with Gasteiger partial charge in [0.1, 0.15) is 0 Å². The third kappa shape index (κ3) is 4.84. The van der Waals surface area contributed by atoms with E-state index in [1.807, 2.05) is 0 Å². The van der Waals surface area contributed by atoms with Gasteiger partial charge in [-0.05, 0) is 79.1 Å². The number of hydrogen-bond acceptors (Lipinski definition) is 0. The van der Waals surface area contributed by atoms with Gasteiger partial charge in [-0.2, -0.15) is 0 Å². The molecule has 0 radical (unpaired) electrons. The molecule has 268 valence electrons. The Morgan fingerprint density at radius 3 is 1.28 bits per heavy atom. The Morgan fingerprint density at radius 2 is 0.772 bits per heavy atom. The molecule has 2 heteroatoms. The van der Waals surface area contributed by atoms with Crippen LogP contribution in [-0.4, -0.2) is 9.97 Å². The van der Waals surface area contributed by atoms with Crippen LogP contribution in [-0.2, 0) is 0 Å². The molecule has 0 saturated carbocycles. The standard InChI is InChI=1S/C55H38N2/c1-33-13-2-3-16-37(33)46-24-12-28-50-49-27-10-22-39(53(49)57-55(46)50)35-15-8-14-34(31-35)38-21-9-25-47-48-26-11-23-40(54(48)56-52(38)47)36-29-30-45-43-19-5-4-17-41(43)42-18-6-7-20-44(42)51(45)32-36/h2-12,14-33,56-57H,13H2,1H3. The molecule has 2 heterocycles. The van der Waals surface area contributed by atoms with Crippen molar-refractivity contribution >= 4 is 81.5 Å². The molecule has 1 aliphatic rings. The number of fused-ring (bicyclic) bond motifs is 12. The summed E-state index contributed by atoms with van der Waals surface area (Å²) < 4.78 is 0. The zero-order valence-corrected chi connectivity index (χ0v) is 31.6. The molecule has 0 amide bonds. The third-order valence-corrected chi connectivity index (χ3v) is 12.6. The summed E-state index contributed by atoms with van der Waals surface area (Å²) in [7, 11) is 0. The SMILES string of the molecule is CC1CC=CC=C1c1cccc2c1[nH]c1c(-c3cccc(-c4cccc5c4[nH]c4c(-c6ccc7c8ccccc8c8ccccc8c7c6)cccc45)c3)cccc12. The smallest absolute Gasteiger partial charge is 0.0544 e. The van der Waals surface area contributed by atoms with Crippen molar-refractivity contribution in [3.05, 3.63) is 188 Å². The van der Waals surface area contributed by atoms with E-state index >= 15 is 0 Å². The molecule has 1 atom stereocenters.